The summed E-state index contributed by atoms with van der Waals surface area (Å²) in [5.74, 6) is 0. The third-order valence-corrected chi connectivity index (χ3v) is 14.6. The summed E-state index contributed by atoms with van der Waals surface area (Å²) in [5, 5.41) is 14.3. The van der Waals surface area contributed by atoms with Crippen LogP contribution in [0.2, 0.25) is 0 Å². The molecule has 0 saturated heterocycles. The van der Waals surface area contributed by atoms with E-state index in [2.05, 4.69) is 102 Å². The highest BCUT2D eigenvalue weighted by atomic mass is 15.7. The second kappa shape index (κ2) is 45.3. The van der Waals surface area contributed by atoms with E-state index < -0.39 is 0 Å². The first kappa shape index (κ1) is 63.8. The molecule has 0 aromatic rings. The van der Waals surface area contributed by atoms with E-state index in [1.165, 1.54) is 277 Å². The fraction of sp³-hybridized carbons (Fsp3) is 1.00. The van der Waals surface area contributed by atoms with Crippen LogP contribution in [0, 0.1) is 5.41 Å². The maximum atomic E-state index is 4.27. The van der Waals surface area contributed by atoms with E-state index >= 15 is 0 Å². The van der Waals surface area contributed by atoms with Crippen molar-refractivity contribution in [3.05, 3.63) is 0 Å². The van der Waals surface area contributed by atoms with Crippen LogP contribution >= 0.6 is 0 Å². The molecule has 386 valence electrons. The quantitative estimate of drug-likeness (QED) is 0.0361. The van der Waals surface area contributed by atoms with E-state index in [0.717, 1.165) is 6.54 Å². The number of rotatable bonds is 51. The van der Waals surface area contributed by atoms with Gasteiger partial charge in [0.15, 0.2) is 0 Å². The Hall–Kier alpha value is -0.200. The Labute approximate surface area is 406 Å². The van der Waals surface area contributed by atoms with Gasteiger partial charge in [-0.3, -0.25) is 10.2 Å². The van der Waals surface area contributed by atoms with Crippen LogP contribution < -0.4 is 10.6 Å². The lowest BCUT2D eigenvalue weighted by atomic mass is 9.75. The Kier molecular flexibility index (Phi) is 45.1. The van der Waals surface area contributed by atoms with Gasteiger partial charge in [-0.2, -0.15) is 0 Å². The van der Waals surface area contributed by atoms with Gasteiger partial charge >= 0.3 is 0 Å². The first-order valence-electron chi connectivity index (χ1n) is 29.9. The molecule has 0 aliphatic rings. The number of unbranched alkanes of at least 4 members (excludes halogenated alkanes) is 29. The molecule has 0 aromatic carbocycles. The summed E-state index contributed by atoms with van der Waals surface area (Å²) in [5.41, 5.74) is 0.220. The molecule has 0 radical (unpaired) electrons. The number of hydrogen-bond donors (Lipinski definition) is 2. The molecule has 0 rings (SSSR count). The highest BCUT2D eigenvalue weighted by molar-refractivity contribution is 4.99. The van der Waals surface area contributed by atoms with Gasteiger partial charge < -0.3 is 5.32 Å². The molecular formula is C59H125N5. The van der Waals surface area contributed by atoms with Crippen LogP contribution in [0.5, 0.6) is 0 Å². The molecule has 0 amide bonds. The van der Waals surface area contributed by atoms with Crippen molar-refractivity contribution in [1.29, 1.82) is 0 Å². The molecule has 5 heteroatoms. The van der Waals surface area contributed by atoms with E-state index in [1.54, 1.807) is 0 Å². The highest BCUT2D eigenvalue weighted by Gasteiger charge is 2.46. The second-order valence-corrected chi connectivity index (χ2v) is 22.1. The third-order valence-electron chi connectivity index (χ3n) is 14.6. The minimum absolute atomic E-state index is 0.0480. The molecule has 0 saturated carbocycles. The van der Waals surface area contributed by atoms with Crippen LogP contribution in [0.4, 0.5) is 0 Å². The summed E-state index contributed by atoms with van der Waals surface area (Å²) in [4.78, 5) is 2.95. The highest BCUT2D eigenvalue weighted by Crippen LogP contribution is 2.39. The van der Waals surface area contributed by atoms with Gasteiger partial charge in [0.25, 0.3) is 0 Å². The molecule has 0 fully saturated rings. The summed E-state index contributed by atoms with van der Waals surface area (Å²) in [6, 6.07) is 0.481. The molecule has 0 spiro atoms. The van der Waals surface area contributed by atoms with Crippen molar-refractivity contribution >= 4 is 0 Å². The van der Waals surface area contributed by atoms with Crippen molar-refractivity contribution in [3.8, 4) is 0 Å². The monoisotopic (exact) mass is 904 g/mol. The van der Waals surface area contributed by atoms with Gasteiger partial charge in [0.05, 0.1) is 11.8 Å². The van der Waals surface area contributed by atoms with Crippen molar-refractivity contribution in [1.82, 2.24) is 25.6 Å². The Bertz CT molecular complexity index is 890. The van der Waals surface area contributed by atoms with Crippen molar-refractivity contribution in [2.75, 3.05) is 39.3 Å². The van der Waals surface area contributed by atoms with Crippen LogP contribution in [-0.4, -0.2) is 72.1 Å². The zero-order valence-electron chi connectivity index (χ0n) is 46.6. The minimum Gasteiger partial charge on any atom is -0.301 e. The van der Waals surface area contributed by atoms with E-state index in [4.69, 9.17) is 0 Å². The van der Waals surface area contributed by atoms with Gasteiger partial charge in [-0.05, 0) is 90.3 Å². The average Bonchev–Trinajstić information content (AvgIpc) is 3.26. The van der Waals surface area contributed by atoms with Gasteiger partial charge in [-0.15, -0.1) is 0 Å². The van der Waals surface area contributed by atoms with E-state index in [1.807, 2.05) is 0 Å². The SMILES string of the molecule is CCCCCCCCCCN(C(CCCCCCCCC(NC(C)C)(N(CCCCCC)CCCCCC)C(C)(C)C)NCCCC)N(CCCCCCCC)CCCCCCCC. The Morgan fingerprint density at radius 3 is 1.12 bits per heavy atom. The smallest absolute Gasteiger partial charge is 0.0764 e. The number of hydrogen-bond acceptors (Lipinski definition) is 5. The first-order valence-corrected chi connectivity index (χ1v) is 29.9. The van der Waals surface area contributed by atoms with Crippen molar-refractivity contribution in [2.45, 2.75) is 338 Å². The lowest BCUT2D eigenvalue weighted by molar-refractivity contribution is -0.0778. The molecule has 2 unspecified atom stereocenters. The predicted molar refractivity (Wildman–Crippen MR) is 292 cm³/mol. The average molecular weight is 905 g/mol. The van der Waals surface area contributed by atoms with Crippen molar-refractivity contribution < 1.29 is 0 Å². The number of nitrogens with one attached hydrogen (secondary N) is 2. The number of hydrazine groups is 1. The molecule has 0 aliphatic carbocycles. The first-order chi connectivity index (χ1) is 31.1. The van der Waals surface area contributed by atoms with Gasteiger partial charge in [0.1, 0.15) is 0 Å². The van der Waals surface area contributed by atoms with Gasteiger partial charge in [0, 0.05) is 25.7 Å². The van der Waals surface area contributed by atoms with Crippen LogP contribution in [0.3, 0.4) is 0 Å². The summed E-state index contributed by atoms with van der Waals surface area (Å²) >= 11 is 0. The molecule has 5 nitrogen and oxygen atoms in total. The van der Waals surface area contributed by atoms with Crippen molar-refractivity contribution in [2.24, 2.45) is 5.41 Å². The van der Waals surface area contributed by atoms with Crippen LogP contribution in [0.15, 0.2) is 0 Å². The molecular weight excluding hydrogens is 779 g/mol. The topological polar surface area (TPSA) is 33.8 Å². The molecule has 0 heterocycles. The molecule has 0 aromatic heterocycles. The Morgan fingerprint density at radius 2 is 0.719 bits per heavy atom. The van der Waals surface area contributed by atoms with Crippen LogP contribution in [0.25, 0.3) is 0 Å². The molecule has 2 N–H and O–H groups in total. The summed E-state index contributed by atoms with van der Waals surface area (Å²) in [7, 11) is 0. The standard InChI is InChI=1S/C59H125N5/c1-12-18-24-29-32-35-40-47-55-64(63(53-45-38-30-25-19-13-2)54-46-39-31-26-20-14-3)57(60-50-23-17-6)48-41-36-33-34-37-42-49-59(58(9,10)11,61-56(7)8)62(51-43-27-21-15-4)52-44-28-22-16-5/h56-57,60-61H,12-55H2,1-11H3. The van der Waals surface area contributed by atoms with Gasteiger partial charge in [-0.1, -0.05) is 255 Å². The molecule has 2 atom stereocenters. The minimum atomic E-state index is 0.0480. The fourth-order valence-electron chi connectivity index (χ4n) is 10.5. The molecule has 0 aliphatic heterocycles. The fourth-order valence-corrected chi connectivity index (χ4v) is 10.5. The zero-order valence-corrected chi connectivity index (χ0v) is 46.6. The maximum absolute atomic E-state index is 4.27. The van der Waals surface area contributed by atoms with Gasteiger partial charge in [-0.25, -0.2) is 10.0 Å². The normalized spacial score (nSPS) is 13.9. The molecule has 0 bridgehead atoms. The third kappa shape index (κ3) is 33.3. The maximum Gasteiger partial charge on any atom is 0.0764 e. The Morgan fingerprint density at radius 1 is 0.375 bits per heavy atom. The lowest BCUT2D eigenvalue weighted by Gasteiger charge is -2.54. The molecule has 64 heavy (non-hydrogen) atoms. The van der Waals surface area contributed by atoms with E-state index in [-0.39, 0.29) is 11.1 Å². The Balaban J connectivity index is 5.90. The zero-order chi connectivity index (χ0) is 47.4. The van der Waals surface area contributed by atoms with Crippen LogP contribution in [0.1, 0.15) is 320 Å². The summed E-state index contributed by atoms with van der Waals surface area (Å²) in [6.45, 7) is 33.8. The summed E-state index contributed by atoms with van der Waals surface area (Å²) in [6.07, 6.45) is 52.4. The van der Waals surface area contributed by atoms with Crippen molar-refractivity contribution in [3.63, 3.8) is 0 Å². The largest absolute Gasteiger partial charge is 0.301 e. The lowest BCUT2D eigenvalue weighted by Crippen LogP contribution is -2.68. The predicted octanol–water partition coefficient (Wildman–Crippen LogP) is 18.4. The van der Waals surface area contributed by atoms with Crippen LogP contribution in [-0.2, 0) is 0 Å². The summed E-state index contributed by atoms with van der Waals surface area (Å²) < 4.78 is 0. The van der Waals surface area contributed by atoms with E-state index in [9.17, 15) is 0 Å². The van der Waals surface area contributed by atoms with E-state index in [0.29, 0.717) is 12.2 Å². The second-order valence-electron chi connectivity index (χ2n) is 22.1. The number of nitrogens with zero attached hydrogens (tertiary/aromatic N) is 3. The van der Waals surface area contributed by atoms with Gasteiger partial charge in [0.2, 0.25) is 0 Å².